The molecule has 0 aliphatic carbocycles. The molecule has 2 unspecified atom stereocenters. The van der Waals surface area contributed by atoms with Crippen LogP contribution in [0.15, 0.2) is 30.6 Å². The van der Waals surface area contributed by atoms with E-state index in [0.717, 1.165) is 24.3 Å². The Morgan fingerprint density at radius 1 is 1.30 bits per heavy atom. The van der Waals surface area contributed by atoms with Crippen LogP contribution in [0.5, 0.6) is 0 Å². The quantitative estimate of drug-likeness (QED) is 0.930. The summed E-state index contributed by atoms with van der Waals surface area (Å²) in [6.45, 7) is 3.32. The molecule has 2 fully saturated rings. The molecule has 0 radical (unpaired) electrons. The molecule has 106 valence electrons. The van der Waals surface area contributed by atoms with E-state index in [1.54, 1.807) is 0 Å². The second kappa shape index (κ2) is 4.77. The summed E-state index contributed by atoms with van der Waals surface area (Å²) in [5, 5.41) is 3.74. The minimum atomic E-state index is 0.659. The Balaban J connectivity index is 1.69. The van der Waals surface area contributed by atoms with E-state index >= 15 is 0 Å². The van der Waals surface area contributed by atoms with Crippen molar-refractivity contribution in [1.82, 2.24) is 14.7 Å². The summed E-state index contributed by atoms with van der Waals surface area (Å²) in [6, 6.07) is 8.54. The average molecular weight is 270 g/mol. The summed E-state index contributed by atoms with van der Waals surface area (Å²) in [6.07, 6.45) is 9.22. The van der Waals surface area contributed by atoms with Gasteiger partial charge >= 0.3 is 0 Å². The highest BCUT2D eigenvalue weighted by Crippen LogP contribution is 2.32. The van der Waals surface area contributed by atoms with Crippen LogP contribution in [0.4, 0.5) is 5.82 Å². The highest BCUT2D eigenvalue weighted by Gasteiger charge is 2.36. The van der Waals surface area contributed by atoms with E-state index in [2.05, 4.69) is 50.9 Å². The second-order valence-electron chi connectivity index (χ2n) is 6.09. The molecule has 0 amide bonds. The smallest absolute Gasteiger partial charge is 0.138 e. The molecule has 2 aromatic heterocycles. The molecule has 20 heavy (non-hydrogen) atoms. The van der Waals surface area contributed by atoms with Crippen molar-refractivity contribution in [1.29, 1.82) is 0 Å². The number of anilines is 1. The van der Waals surface area contributed by atoms with Crippen molar-refractivity contribution in [3.05, 3.63) is 30.6 Å². The first kappa shape index (κ1) is 12.2. The zero-order valence-electron chi connectivity index (χ0n) is 12.0. The summed E-state index contributed by atoms with van der Waals surface area (Å²) in [7, 11) is 0. The van der Waals surface area contributed by atoms with Crippen LogP contribution in [0, 0.1) is 0 Å². The molecule has 2 aliphatic rings. The van der Waals surface area contributed by atoms with Crippen LogP contribution in [0.1, 0.15) is 32.6 Å². The predicted octanol–water partition coefficient (Wildman–Crippen LogP) is 2.44. The number of hydrogen-bond donors (Lipinski definition) is 1. The van der Waals surface area contributed by atoms with E-state index in [1.165, 1.54) is 31.5 Å². The second-order valence-corrected chi connectivity index (χ2v) is 6.09. The van der Waals surface area contributed by atoms with Crippen molar-refractivity contribution < 1.29 is 0 Å². The van der Waals surface area contributed by atoms with Crippen molar-refractivity contribution in [3.8, 4) is 0 Å². The Kier molecular flexibility index (Phi) is 2.91. The molecule has 0 spiro atoms. The number of imidazole rings is 1. The van der Waals surface area contributed by atoms with Gasteiger partial charge in [0.05, 0.1) is 0 Å². The van der Waals surface area contributed by atoms with Crippen LogP contribution in [0.3, 0.4) is 0 Å². The van der Waals surface area contributed by atoms with E-state index in [-0.39, 0.29) is 0 Å². The highest BCUT2D eigenvalue weighted by molar-refractivity contribution is 5.52. The first-order chi connectivity index (χ1) is 9.85. The van der Waals surface area contributed by atoms with Gasteiger partial charge in [-0.05, 0) is 44.7 Å². The van der Waals surface area contributed by atoms with Crippen molar-refractivity contribution in [2.75, 3.05) is 11.4 Å². The van der Waals surface area contributed by atoms with Crippen LogP contribution in [-0.2, 0) is 0 Å². The molecule has 4 rings (SSSR count). The lowest BCUT2D eigenvalue weighted by Crippen LogP contribution is -2.48. The van der Waals surface area contributed by atoms with Gasteiger partial charge in [0, 0.05) is 37.1 Å². The average Bonchev–Trinajstić information content (AvgIpc) is 3.07. The number of fused-ring (bicyclic) bond motifs is 3. The number of piperidine rings is 1. The minimum absolute atomic E-state index is 0.659. The fourth-order valence-corrected chi connectivity index (χ4v) is 4.06. The molecular formula is C16H22N4. The van der Waals surface area contributed by atoms with Crippen LogP contribution < -0.4 is 10.2 Å². The van der Waals surface area contributed by atoms with Gasteiger partial charge in [-0.15, -0.1) is 0 Å². The molecule has 4 heterocycles. The van der Waals surface area contributed by atoms with E-state index < -0.39 is 0 Å². The third-order valence-corrected chi connectivity index (χ3v) is 4.93. The van der Waals surface area contributed by atoms with Gasteiger partial charge in [0.2, 0.25) is 0 Å². The van der Waals surface area contributed by atoms with Gasteiger partial charge in [-0.3, -0.25) is 4.40 Å². The molecule has 4 nitrogen and oxygen atoms in total. The lowest BCUT2D eigenvalue weighted by atomic mass is 9.98. The third kappa shape index (κ3) is 1.90. The van der Waals surface area contributed by atoms with Crippen LogP contribution in [0.2, 0.25) is 0 Å². The van der Waals surface area contributed by atoms with Gasteiger partial charge in [0.25, 0.3) is 0 Å². The summed E-state index contributed by atoms with van der Waals surface area (Å²) in [4.78, 5) is 6.98. The van der Waals surface area contributed by atoms with Crippen molar-refractivity contribution in [3.63, 3.8) is 0 Å². The van der Waals surface area contributed by atoms with E-state index in [9.17, 15) is 0 Å². The normalized spacial score (nSPS) is 28.9. The Morgan fingerprint density at radius 3 is 2.85 bits per heavy atom. The molecule has 2 aliphatic heterocycles. The summed E-state index contributed by atoms with van der Waals surface area (Å²) in [5.74, 6) is 1.29. The standard InChI is InChI=1S/C16H22N4/c1-2-19(14-10-12-6-7-13(11-14)18-12)16-5-3-4-15-17-8-9-20(15)16/h3-5,8-9,12-14,18H,2,6-7,10-11H2,1H3. The lowest BCUT2D eigenvalue weighted by molar-refractivity contribution is 0.347. The Hall–Kier alpha value is -1.55. The largest absolute Gasteiger partial charge is 0.355 e. The number of rotatable bonds is 3. The number of nitrogens with one attached hydrogen (secondary N) is 1. The monoisotopic (exact) mass is 270 g/mol. The molecule has 2 aromatic rings. The van der Waals surface area contributed by atoms with E-state index in [1.807, 2.05) is 6.20 Å². The number of nitrogens with zero attached hydrogens (tertiary/aromatic N) is 3. The van der Waals surface area contributed by atoms with Gasteiger partial charge in [0.1, 0.15) is 11.5 Å². The molecule has 0 saturated carbocycles. The third-order valence-electron chi connectivity index (χ3n) is 4.93. The summed E-state index contributed by atoms with van der Waals surface area (Å²) in [5.41, 5.74) is 1.04. The Labute approximate surface area is 119 Å². The zero-order chi connectivity index (χ0) is 13.5. The van der Waals surface area contributed by atoms with Crippen molar-refractivity contribution in [2.45, 2.75) is 50.7 Å². The summed E-state index contributed by atoms with van der Waals surface area (Å²) < 4.78 is 2.22. The molecule has 0 aromatic carbocycles. The molecule has 1 N–H and O–H groups in total. The summed E-state index contributed by atoms with van der Waals surface area (Å²) >= 11 is 0. The SMILES string of the molecule is CCN(c1cccc2nccn12)C1CC2CCC(C1)N2. The number of pyridine rings is 1. The highest BCUT2D eigenvalue weighted by atomic mass is 15.3. The van der Waals surface area contributed by atoms with Crippen molar-refractivity contribution in [2.24, 2.45) is 0 Å². The zero-order valence-corrected chi connectivity index (χ0v) is 12.0. The fourth-order valence-electron chi connectivity index (χ4n) is 4.06. The molecular weight excluding hydrogens is 248 g/mol. The van der Waals surface area contributed by atoms with Gasteiger partial charge in [-0.2, -0.15) is 0 Å². The van der Waals surface area contributed by atoms with E-state index in [4.69, 9.17) is 0 Å². The first-order valence-electron chi connectivity index (χ1n) is 7.80. The first-order valence-corrected chi connectivity index (χ1v) is 7.80. The topological polar surface area (TPSA) is 32.6 Å². The van der Waals surface area contributed by atoms with E-state index in [0.29, 0.717) is 6.04 Å². The maximum absolute atomic E-state index is 4.41. The van der Waals surface area contributed by atoms with Crippen LogP contribution in [-0.4, -0.2) is 34.1 Å². The maximum Gasteiger partial charge on any atom is 0.138 e. The lowest BCUT2D eigenvalue weighted by Gasteiger charge is -2.38. The minimum Gasteiger partial charge on any atom is -0.355 e. The van der Waals surface area contributed by atoms with Crippen LogP contribution >= 0.6 is 0 Å². The number of aromatic nitrogens is 2. The van der Waals surface area contributed by atoms with Gasteiger partial charge in [0.15, 0.2) is 0 Å². The predicted molar refractivity (Wildman–Crippen MR) is 81.2 cm³/mol. The Bertz CT molecular complexity index is 593. The Morgan fingerprint density at radius 2 is 2.10 bits per heavy atom. The molecule has 2 atom stereocenters. The molecule has 4 heteroatoms. The van der Waals surface area contributed by atoms with Gasteiger partial charge in [-0.25, -0.2) is 4.98 Å². The molecule has 2 saturated heterocycles. The fraction of sp³-hybridized carbons (Fsp3) is 0.562. The van der Waals surface area contributed by atoms with Crippen molar-refractivity contribution >= 4 is 11.5 Å². The maximum atomic E-state index is 4.41. The van der Waals surface area contributed by atoms with Gasteiger partial charge < -0.3 is 10.2 Å². The number of hydrogen-bond acceptors (Lipinski definition) is 3. The molecule has 2 bridgehead atoms. The van der Waals surface area contributed by atoms with Crippen LogP contribution in [0.25, 0.3) is 5.65 Å². The van der Waals surface area contributed by atoms with Gasteiger partial charge in [-0.1, -0.05) is 6.07 Å².